The third kappa shape index (κ3) is 4.06. The van der Waals surface area contributed by atoms with Crippen LogP contribution in [0.5, 0.6) is 0 Å². The Morgan fingerprint density at radius 1 is 1.15 bits per heavy atom. The van der Waals surface area contributed by atoms with Crippen molar-refractivity contribution in [3.05, 3.63) is 44.8 Å². The molecule has 3 N–H and O–H groups in total. The summed E-state index contributed by atoms with van der Waals surface area (Å²) < 4.78 is 0. The maximum Gasteiger partial charge on any atom is 0.225 e. The van der Waals surface area contributed by atoms with E-state index in [9.17, 15) is 4.79 Å². The number of carbonyl (C=O) groups is 1. The molecule has 2 aromatic rings. The van der Waals surface area contributed by atoms with Crippen molar-refractivity contribution in [1.29, 1.82) is 0 Å². The number of halogens is 1. The predicted octanol–water partition coefficient (Wildman–Crippen LogP) is 3.42. The van der Waals surface area contributed by atoms with E-state index in [2.05, 4.69) is 5.32 Å². The fourth-order valence-electron chi connectivity index (χ4n) is 1.71. The fraction of sp³-hybridized carbons (Fsp3) is 0.357. The maximum atomic E-state index is 12.2. The van der Waals surface area contributed by atoms with E-state index in [-0.39, 0.29) is 36.3 Å². The molecule has 2 rings (SSSR count). The summed E-state index contributed by atoms with van der Waals surface area (Å²) in [6.07, 6.45) is 0. The van der Waals surface area contributed by atoms with E-state index >= 15 is 0 Å². The molecular formula is C14H19ClN2OS2. The second-order valence-electron chi connectivity index (χ2n) is 4.62. The molecule has 0 spiro atoms. The molecule has 0 aromatic carbocycles. The topological polar surface area (TPSA) is 55.1 Å². The molecule has 2 atom stereocenters. The lowest BCUT2D eigenvalue weighted by molar-refractivity contribution is -0.125. The average Bonchev–Trinajstić information content (AvgIpc) is 3.07. The van der Waals surface area contributed by atoms with Crippen molar-refractivity contribution in [3.8, 4) is 0 Å². The van der Waals surface area contributed by atoms with Gasteiger partial charge in [0.1, 0.15) is 0 Å². The van der Waals surface area contributed by atoms with Crippen LogP contribution in [0.15, 0.2) is 35.0 Å². The molecule has 0 saturated heterocycles. The summed E-state index contributed by atoms with van der Waals surface area (Å²) in [7, 11) is 0. The van der Waals surface area contributed by atoms with Crippen molar-refractivity contribution >= 4 is 41.0 Å². The average molecular weight is 331 g/mol. The number of hydrogen-bond acceptors (Lipinski definition) is 4. The lowest BCUT2D eigenvalue weighted by Gasteiger charge is -2.21. The quantitative estimate of drug-likeness (QED) is 0.882. The normalized spacial score (nSPS) is 13.6. The van der Waals surface area contributed by atoms with Crippen LogP contribution in [0, 0.1) is 5.92 Å². The van der Waals surface area contributed by atoms with E-state index in [1.54, 1.807) is 22.7 Å². The van der Waals surface area contributed by atoms with E-state index in [1.165, 1.54) is 0 Å². The summed E-state index contributed by atoms with van der Waals surface area (Å²) in [5, 5.41) is 7.15. The van der Waals surface area contributed by atoms with Gasteiger partial charge in [-0.15, -0.1) is 35.1 Å². The van der Waals surface area contributed by atoms with Crippen LogP contribution in [0.1, 0.15) is 29.6 Å². The molecule has 0 bridgehead atoms. The SMILES string of the molecule is CC(N)C(C)C(=O)NC(c1cccs1)c1cccs1.Cl. The number of rotatable bonds is 5. The van der Waals surface area contributed by atoms with Crippen molar-refractivity contribution in [2.24, 2.45) is 11.7 Å². The van der Waals surface area contributed by atoms with Crippen molar-refractivity contribution < 1.29 is 4.79 Å². The van der Waals surface area contributed by atoms with Gasteiger partial charge < -0.3 is 11.1 Å². The van der Waals surface area contributed by atoms with E-state index in [0.29, 0.717) is 0 Å². The highest BCUT2D eigenvalue weighted by Crippen LogP contribution is 2.29. The Labute approximate surface area is 133 Å². The van der Waals surface area contributed by atoms with Gasteiger partial charge in [-0.1, -0.05) is 19.1 Å². The Kier molecular flexibility index (Phi) is 6.68. The Balaban J connectivity index is 0.00000200. The molecule has 6 heteroatoms. The first kappa shape index (κ1) is 17.2. The molecule has 2 unspecified atom stereocenters. The molecule has 2 aromatic heterocycles. The molecule has 0 radical (unpaired) electrons. The summed E-state index contributed by atoms with van der Waals surface area (Å²) in [6, 6.07) is 7.89. The first-order valence-electron chi connectivity index (χ1n) is 6.22. The van der Waals surface area contributed by atoms with Crippen molar-refractivity contribution in [2.45, 2.75) is 25.9 Å². The molecule has 1 amide bonds. The summed E-state index contributed by atoms with van der Waals surface area (Å²) in [4.78, 5) is 14.5. The van der Waals surface area contributed by atoms with Gasteiger partial charge in [0, 0.05) is 21.7 Å². The number of hydrogen-bond donors (Lipinski definition) is 2. The molecule has 110 valence electrons. The second-order valence-corrected chi connectivity index (χ2v) is 6.58. The van der Waals surface area contributed by atoms with Crippen LogP contribution >= 0.6 is 35.1 Å². The maximum absolute atomic E-state index is 12.2. The number of nitrogens with one attached hydrogen (secondary N) is 1. The molecule has 20 heavy (non-hydrogen) atoms. The minimum absolute atomic E-state index is 0. The molecular weight excluding hydrogens is 312 g/mol. The predicted molar refractivity (Wildman–Crippen MR) is 88.7 cm³/mol. The minimum Gasteiger partial charge on any atom is -0.343 e. The van der Waals surface area contributed by atoms with Crippen LogP contribution in [-0.2, 0) is 4.79 Å². The van der Waals surface area contributed by atoms with E-state index in [0.717, 1.165) is 9.75 Å². The van der Waals surface area contributed by atoms with Gasteiger partial charge in [0.15, 0.2) is 0 Å². The summed E-state index contributed by atoms with van der Waals surface area (Å²) >= 11 is 3.30. The molecule has 3 nitrogen and oxygen atoms in total. The van der Waals surface area contributed by atoms with Gasteiger partial charge in [-0.05, 0) is 29.8 Å². The highest BCUT2D eigenvalue weighted by atomic mass is 35.5. The van der Waals surface area contributed by atoms with E-state index in [1.807, 2.05) is 48.9 Å². The Hall–Kier alpha value is -0.880. The van der Waals surface area contributed by atoms with Gasteiger partial charge in [-0.3, -0.25) is 4.79 Å². The Morgan fingerprint density at radius 2 is 1.65 bits per heavy atom. The number of amides is 1. The minimum atomic E-state index is -0.192. The highest BCUT2D eigenvalue weighted by Gasteiger charge is 2.23. The standard InChI is InChI=1S/C14H18N2OS2.ClH/c1-9(10(2)15)14(17)16-13(11-5-3-7-18-11)12-6-4-8-19-12;/h3-10,13H,15H2,1-2H3,(H,16,17);1H. The lowest BCUT2D eigenvalue weighted by Crippen LogP contribution is -2.40. The molecule has 0 aliphatic rings. The molecule has 0 saturated carbocycles. The van der Waals surface area contributed by atoms with Gasteiger partial charge in [0.25, 0.3) is 0 Å². The monoisotopic (exact) mass is 330 g/mol. The van der Waals surface area contributed by atoms with Crippen LogP contribution in [0.3, 0.4) is 0 Å². The van der Waals surface area contributed by atoms with Gasteiger partial charge >= 0.3 is 0 Å². The molecule has 2 heterocycles. The van der Waals surface area contributed by atoms with Crippen LogP contribution in [0.2, 0.25) is 0 Å². The Morgan fingerprint density at radius 3 is 2.00 bits per heavy atom. The van der Waals surface area contributed by atoms with Crippen molar-refractivity contribution in [1.82, 2.24) is 5.32 Å². The van der Waals surface area contributed by atoms with Gasteiger partial charge in [-0.25, -0.2) is 0 Å². The zero-order valence-electron chi connectivity index (χ0n) is 11.4. The first-order valence-corrected chi connectivity index (χ1v) is 7.98. The smallest absolute Gasteiger partial charge is 0.225 e. The van der Waals surface area contributed by atoms with Crippen molar-refractivity contribution in [3.63, 3.8) is 0 Å². The van der Waals surface area contributed by atoms with Crippen LogP contribution in [-0.4, -0.2) is 11.9 Å². The molecule has 0 aliphatic carbocycles. The number of carbonyl (C=O) groups excluding carboxylic acids is 1. The highest BCUT2D eigenvalue weighted by molar-refractivity contribution is 7.11. The number of thiophene rings is 2. The molecule has 0 aliphatic heterocycles. The van der Waals surface area contributed by atoms with E-state index in [4.69, 9.17) is 5.73 Å². The van der Waals surface area contributed by atoms with Gasteiger partial charge in [-0.2, -0.15) is 0 Å². The van der Waals surface area contributed by atoms with Crippen LogP contribution in [0.4, 0.5) is 0 Å². The second kappa shape index (κ2) is 7.78. The summed E-state index contributed by atoms with van der Waals surface area (Å²) in [5.41, 5.74) is 5.79. The first-order chi connectivity index (χ1) is 9.09. The Bertz CT molecular complexity index is 477. The molecule has 0 fully saturated rings. The zero-order valence-corrected chi connectivity index (χ0v) is 13.9. The van der Waals surface area contributed by atoms with Crippen LogP contribution < -0.4 is 11.1 Å². The lowest BCUT2D eigenvalue weighted by atomic mass is 10.0. The van der Waals surface area contributed by atoms with Gasteiger partial charge in [0.2, 0.25) is 5.91 Å². The fourth-order valence-corrected chi connectivity index (χ4v) is 3.37. The third-order valence-electron chi connectivity index (χ3n) is 3.14. The van der Waals surface area contributed by atoms with Crippen LogP contribution in [0.25, 0.3) is 0 Å². The number of nitrogens with two attached hydrogens (primary N) is 1. The third-order valence-corrected chi connectivity index (χ3v) is 5.02. The van der Waals surface area contributed by atoms with Crippen molar-refractivity contribution in [2.75, 3.05) is 0 Å². The van der Waals surface area contributed by atoms with Gasteiger partial charge in [0.05, 0.1) is 6.04 Å². The summed E-state index contributed by atoms with van der Waals surface area (Å²) in [6.45, 7) is 3.72. The largest absolute Gasteiger partial charge is 0.343 e. The zero-order chi connectivity index (χ0) is 13.8. The summed E-state index contributed by atoms with van der Waals surface area (Å²) in [5.74, 6) is -0.191. The van der Waals surface area contributed by atoms with E-state index < -0.39 is 0 Å².